The molecule has 2 aromatic rings. The average Bonchev–Trinajstić information content (AvgIpc) is 2.39. The van der Waals surface area contributed by atoms with Gasteiger partial charge in [0.05, 0.1) is 13.2 Å². The molecule has 0 aliphatic heterocycles. The molecule has 0 fully saturated rings. The maximum atomic E-state index is 5.31. The first kappa shape index (κ1) is 11.6. The summed E-state index contributed by atoms with van der Waals surface area (Å²) in [6, 6.07) is 10.2. The van der Waals surface area contributed by atoms with Crippen LogP contribution in [-0.2, 0) is 4.74 Å². The van der Waals surface area contributed by atoms with Crippen molar-refractivity contribution in [2.75, 3.05) is 25.1 Å². The second-order valence-electron chi connectivity index (χ2n) is 3.67. The van der Waals surface area contributed by atoms with E-state index in [-0.39, 0.29) is 0 Å². The molecule has 2 rings (SSSR count). The Bertz CT molecular complexity index is 491. The Morgan fingerprint density at radius 1 is 1.29 bits per heavy atom. The number of fused-ring (bicyclic) bond motifs is 1. The number of aromatic nitrogens is 1. The third kappa shape index (κ3) is 3.04. The number of nitrogens with zero attached hydrogens (tertiary/aromatic N) is 1. The van der Waals surface area contributed by atoms with Crippen molar-refractivity contribution < 1.29 is 4.74 Å². The number of rotatable bonds is 6. The van der Waals surface area contributed by atoms with Gasteiger partial charge in [0.15, 0.2) is 0 Å². The third-order valence-electron chi connectivity index (χ3n) is 2.45. The van der Waals surface area contributed by atoms with E-state index in [1.165, 1.54) is 5.39 Å². The molecule has 0 unspecified atom stereocenters. The number of pyridine rings is 1. The number of anilines is 1. The van der Waals surface area contributed by atoms with Gasteiger partial charge in [-0.05, 0) is 11.5 Å². The van der Waals surface area contributed by atoms with Crippen LogP contribution in [-0.4, -0.2) is 24.7 Å². The van der Waals surface area contributed by atoms with Crippen LogP contribution in [0.3, 0.4) is 0 Å². The lowest BCUT2D eigenvalue weighted by Gasteiger charge is -2.08. The highest BCUT2D eigenvalue weighted by Crippen LogP contribution is 2.19. The van der Waals surface area contributed by atoms with E-state index in [1.54, 1.807) is 6.08 Å². The van der Waals surface area contributed by atoms with E-state index < -0.39 is 0 Å². The van der Waals surface area contributed by atoms with Gasteiger partial charge in [0.2, 0.25) is 0 Å². The van der Waals surface area contributed by atoms with Gasteiger partial charge in [-0.15, -0.1) is 6.58 Å². The lowest BCUT2D eigenvalue weighted by molar-refractivity contribution is 0.173. The van der Waals surface area contributed by atoms with E-state index in [0.29, 0.717) is 13.2 Å². The smallest absolute Gasteiger partial charge is 0.133 e. The molecule has 0 aliphatic rings. The molecule has 0 saturated carbocycles. The highest BCUT2D eigenvalue weighted by atomic mass is 16.5. The summed E-state index contributed by atoms with van der Waals surface area (Å²) in [4.78, 5) is 4.34. The normalized spacial score (nSPS) is 10.4. The Morgan fingerprint density at radius 2 is 2.18 bits per heavy atom. The minimum Gasteiger partial charge on any atom is -0.376 e. The molecule has 88 valence electrons. The molecule has 0 bridgehead atoms. The molecular formula is C14H16N2O. The van der Waals surface area contributed by atoms with Crippen LogP contribution in [0.4, 0.5) is 5.82 Å². The summed E-state index contributed by atoms with van der Waals surface area (Å²) in [6.07, 6.45) is 3.56. The quantitative estimate of drug-likeness (QED) is 0.609. The van der Waals surface area contributed by atoms with Crippen molar-refractivity contribution in [2.24, 2.45) is 0 Å². The minimum atomic E-state index is 0.588. The largest absolute Gasteiger partial charge is 0.376 e. The summed E-state index contributed by atoms with van der Waals surface area (Å²) < 4.78 is 5.31. The molecule has 0 spiro atoms. The fourth-order valence-corrected chi connectivity index (χ4v) is 1.67. The van der Waals surface area contributed by atoms with Gasteiger partial charge in [0.25, 0.3) is 0 Å². The third-order valence-corrected chi connectivity index (χ3v) is 2.45. The van der Waals surface area contributed by atoms with Crippen molar-refractivity contribution in [3.63, 3.8) is 0 Å². The Morgan fingerprint density at radius 3 is 3.06 bits per heavy atom. The van der Waals surface area contributed by atoms with E-state index >= 15 is 0 Å². The first-order valence-corrected chi connectivity index (χ1v) is 5.68. The van der Waals surface area contributed by atoms with Crippen LogP contribution in [0.1, 0.15) is 0 Å². The molecule has 3 nitrogen and oxygen atoms in total. The monoisotopic (exact) mass is 228 g/mol. The lowest BCUT2D eigenvalue weighted by Crippen LogP contribution is -2.10. The molecule has 3 heteroatoms. The molecule has 0 saturated heterocycles. The maximum absolute atomic E-state index is 5.31. The number of nitrogens with one attached hydrogen (secondary N) is 1. The number of hydrogen-bond acceptors (Lipinski definition) is 3. The lowest BCUT2D eigenvalue weighted by atomic mass is 10.1. The number of hydrogen-bond donors (Lipinski definition) is 1. The van der Waals surface area contributed by atoms with Crippen LogP contribution < -0.4 is 5.32 Å². The van der Waals surface area contributed by atoms with Gasteiger partial charge in [-0.25, -0.2) is 4.98 Å². The second kappa shape index (κ2) is 6.01. The van der Waals surface area contributed by atoms with Gasteiger partial charge in [-0.2, -0.15) is 0 Å². The van der Waals surface area contributed by atoms with Crippen molar-refractivity contribution in [3.05, 3.63) is 49.2 Å². The molecule has 17 heavy (non-hydrogen) atoms. The zero-order valence-corrected chi connectivity index (χ0v) is 9.73. The number of ether oxygens (including phenoxy) is 1. The fraction of sp³-hybridized carbons (Fsp3) is 0.214. The van der Waals surface area contributed by atoms with Gasteiger partial charge in [0.1, 0.15) is 5.82 Å². The van der Waals surface area contributed by atoms with Crippen LogP contribution in [0.25, 0.3) is 10.8 Å². The van der Waals surface area contributed by atoms with E-state index in [4.69, 9.17) is 4.74 Å². The summed E-state index contributed by atoms with van der Waals surface area (Å²) in [6.45, 7) is 5.58. The highest BCUT2D eigenvalue weighted by molar-refractivity contribution is 5.91. The summed E-state index contributed by atoms with van der Waals surface area (Å²) in [7, 11) is 0. The van der Waals surface area contributed by atoms with Crippen LogP contribution in [0.2, 0.25) is 0 Å². The Kier molecular flexibility index (Phi) is 4.11. The van der Waals surface area contributed by atoms with Gasteiger partial charge in [-0.3, -0.25) is 0 Å². The second-order valence-corrected chi connectivity index (χ2v) is 3.67. The van der Waals surface area contributed by atoms with Gasteiger partial charge in [-0.1, -0.05) is 30.3 Å². The van der Waals surface area contributed by atoms with Crippen LogP contribution in [0, 0.1) is 0 Å². The van der Waals surface area contributed by atoms with Gasteiger partial charge < -0.3 is 10.1 Å². The fourth-order valence-electron chi connectivity index (χ4n) is 1.67. The molecular weight excluding hydrogens is 212 g/mol. The molecule has 1 heterocycles. The van der Waals surface area contributed by atoms with Gasteiger partial charge >= 0.3 is 0 Å². The SMILES string of the molecule is C=CCOCCNc1nccc2ccccc12. The number of benzene rings is 1. The van der Waals surface area contributed by atoms with Gasteiger partial charge in [0, 0.05) is 18.1 Å². The van der Waals surface area contributed by atoms with E-state index in [0.717, 1.165) is 17.7 Å². The zero-order chi connectivity index (χ0) is 11.9. The van der Waals surface area contributed by atoms with E-state index in [1.807, 2.05) is 24.4 Å². The van der Waals surface area contributed by atoms with Crippen molar-refractivity contribution in [3.8, 4) is 0 Å². The first-order chi connectivity index (χ1) is 8.42. The molecule has 0 aliphatic carbocycles. The van der Waals surface area contributed by atoms with Crippen molar-refractivity contribution >= 4 is 16.6 Å². The predicted octanol–water partition coefficient (Wildman–Crippen LogP) is 2.85. The topological polar surface area (TPSA) is 34.1 Å². The standard InChI is InChI=1S/C14H16N2O/c1-2-10-17-11-9-16-14-13-6-4-3-5-12(13)7-8-15-14/h2-8H,1,9-11H2,(H,15,16). The summed E-state index contributed by atoms with van der Waals surface area (Å²) in [5.74, 6) is 0.908. The van der Waals surface area contributed by atoms with E-state index in [9.17, 15) is 0 Å². The average molecular weight is 228 g/mol. The molecule has 0 amide bonds. The Hall–Kier alpha value is -1.87. The summed E-state index contributed by atoms with van der Waals surface area (Å²) >= 11 is 0. The Labute approximate surface area is 101 Å². The predicted molar refractivity (Wildman–Crippen MR) is 71.2 cm³/mol. The van der Waals surface area contributed by atoms with Crippen LogP contribution in [0.15, 0.2) is 49.2 Å². The molecule has 1 N–H and O–H groups in total. The van der Waals surface area contributed by atoms with Crippen LogP contribution in [0.5, 0.6) is 0 Å². The van der Waals surface area contributed by atoms with Crippen molar-refractivity contribution in [1.29, 1.82) is 0 Å². The molecule has 1 aromatic carbocycles. The summed E-state index contributed by atoms with van der Waals surface area (Å²) in [5, 5.41) is 5.61. The van der Waals surface area contributed by atoms with E-state index in [2.05, 4.69) is 29.0 Å². The zero-order valence-electron chi connectivity index (χ0n) is 9.73. The van der Waals surface area contributed by atoms with Crippen molar-refractivity contribution in [2.45, 2.75) is 0 Å². The first-order valence-electron chi connectivity index (χ1n) is 5.68. The van der Waals surface area contributed by atoms with Crippen LogP contribution >= 0.6 is 0 Å². The molecule has 0 radical (unpaired) electrons. The summed E-state index contributed by atoms with van der Waals surface area (Å²) in [5.41, 5.74) is 0. The molecule has 0 atom stereocenters. The Balaban J connectivity index is 2.01. The van der Waals surface area contributed by atoms with Crippen molar-refractivity contribution in [1.82, 2.24) is 4.98 Å². The minimum absolute atomic E-state index is 0.588. The maximum Gasteiger partial charge on any atom is 0.133 e. The molecule has 1 aromatic heterocycles. The highest BCUT2D eigenvalue weighted by Gasteiger charge is 1.99.